The molecule has 1 heterocycles. The number of carbonyl (C=O) groups excluding carboxylic acids is 4. The van der Waals surface area contributed by atoms with Crippen LogP contribution in [0.5, 0.6) is 0 Å². The second-order valence-electron chi connectivity index (χ2n) is 6.77. The van der Waals surface area contributed by atoms with Gasteiger partial charge < -0.3 is 24.1 Å². The SMILES string of the molecule is CC(=O)O[C@@H]1[C@@H](OC(C)=O)[C@H](OC(C)=O)CN(C(=O)OCc2ccccc2)[C@@H]1C(=O)O. The maximum atomic E-state index is 12.7. The van der Waals surface area contributed by atoms with Gasteiger partial charge in [0.05, 0.1) is 6.54 Å². The molecule has 0 radical (unpaired) electrons. The van der Waals surface area contributed by atoms with Crippen LogP contribution >= 0.6 is 0 Å². The lowest BCUT2D eigenvalue weighted by Crippen LogP contribution is -2.67. The van der Waals surface area contributed by atoms with Crippen molar-refractivity contribution in [2.45, 2.75) is 51.7 Å². The highest BCUT2D eigenvalue weighted by Gasteiger charge is 2.54. The van der Waals surface area contributed by atoms with Crippen LogP contribution in [0.2, 0.25) is 0 Å². The first kappa shape index (κ1) is 23.6. The van der Waals surface area contributed by atoms with E-state index in [4.69, 9.17) is 18.9 Å². The number of hydrogen-bond acceptors (Lipinski definition) is 9. The third-order valence-corrected chi connectivity index (χ3v) is 4.33. The lowest BCUT2D eigenvalue weighted by atomic mass is 9.93. The van der Waals surface area contributed by atoms with E-state index in [1.54, 1.807) is 30.3 Å². The van der Waals surface area contributed by atoms with E-state index in [1.165, 1.54) is 0 Å². The Morgan fingerprint density at radius 1 is 0.903 bits per heavy atom. The maximum absolute atomic E-state index is 12.7. The molecule has 0 aromatic heterocycles. The molecule has 1 saturated heterocycles. The van der Waals surface area contributed by atoms with Gasteiger partial charge in [0.25, 0.3) is 0 Å². The molecule has 1 aromatic rings. The predicted molar refractivity (Wildman–Crippen MR) is 101 cm³/mol. The van der Waals surface area contributed by atoms with Gasteiger partial charge in [-0.05, 0) is 5.56 Å². The van der Waals surface area contributed by atoms with Crippen LogP contribution in [0, 0.1) is 0 Å². The third-order valence-electron chi connectivity index (χ3n) is 4.33. The van der Waals surface area contributed by atoms with Crippen LogP contribution in [0.15, 0.2) is 30.3 Å². The number of hydrogen-bond donors (Lipinski definition) is 1. The van der Waals surface area contributed by atoms with Crippen molar-refractivity contribution in [1.82, 2.24) is 4.90 Å². The number of esters is 3. The molecule has 11 nitrogen and oxygen atoms in total. The van der Waals surface area contributed by atoms with E-state index in [2.05, 4.69) is 0 Å². The Morgan fingerprint density at radius 2 is 1.45 bits per heavy atom. The van der Waals surface area contributed by atoms with Gasteiger partial charge in [-0.1, -0.05) is 30.3 Å². The fraction of sp³-hybridized carbons (Fsp3) is 0.450. The fourth-order valence-corrected chi connectivity index (χ4v) is 3.22. The van der Waals surface area contributed by atoms with Crippen molar-refractivity contribution < 1.29 is 48.0 Å². The van der Waals surface area contributed by atoms with Crippen molar-refractivity contribution in [3.05, 3.63) is 35.9 Å². The Morgan fingerprint density at radius 3 is 1.97 bits per heavy atom. The Labute approximate surface area is 177 Å². The number of aliphatic carboxylic acids is 1. The molecule has 1 aliphatic heterocycles. The van der Waals surface area contributed by atoms with Crippen molar-refractivity contribution in [2.24, 2.45) is 0 Å². The van der Waals surface area contributed by atoms with Crippen LogP contribution in [-0.4, -0.2) is 70.9 Å². The Kier molecular flexibility index (Phi) is 7.94. The molecule has 31 heavy (non-hydrogen) atoms. The number of likely N-dealkylation sites (tertiary alicyclic amines) is 1. The first-order valence-electron chi connectivity index (χ1n) is 9.32. The normalized spacial score (nSPS) is 22.7. The lowest BCUT2D eigenvalue weighted by molar-refractivity contribution is -0.204. The summed E-state index contributed by atoms with van der Waals surface area (Å²) in [5.41, 5.74) is 0.658. The van der Waals surface area contributed by atoms with Crippen molar-refractivity contribution in [2.75, 3.05) is 6.54 Å². The summed E-state index contributed by atoms with van der Waals surface area (Å²) in [7, 11) is 0. The topological polar surface area (TPSA) is 146 Å². The van der Waals surface area contributed by atoms with Crippen LogP contribution in [0.1, 0.15) is 26.3 Å². The van der Waals surface area contributed by atoms with E-state index in [0.717, 1.165) is 25.7 Å². The number of rotatable bonds is 6. The molecule has 2 rings (SSSR count). The molecule has 11 heteroatoms. The van der Waals surface area contributed by atoms with Gasteiger partial charge in [-0.3, -0.25) is 19.3 Å². The standard InChI is InChI=1S/C20H23NO10/c1-11(22)29-15-9-21(20(27)28-10-14-7-5-4-6-8-14)16(19(25)26)18(31-13(3)24)17(15)30-12(2)23/h4-8,15-18H,9-10H2,1-3H3,(H,25,26)/t15-,16+,17+,18+/m1/s1. The molecule has 4 atom stereocenters. The molecule has 0 saturated carbocycles. The highest BCUT2D eigenvalue weighted by Crippen LogP contribution is 2.28. The number of ether oxygens (including phenoxy) is 4. The average Bonchev–Trinajstić information content (AvgIpc) is 2.67. The molecule has 0 unspecified atom stereocenters. The predicted octanol–water partition coefficient (Wildman–Crippen LogP) is 0.887. The van der Waals surface area contributed by atoms with E-state index in [9.17, 15) is 29.1 Å². The number of carboxylic acids is 1. The van der Waals surface area contributed by atoms with E-state index in [-0.39, 0.29) is 6.61 Å². The summed E-state index contributed by atoms with van der Waals surface area (Å²) in [6, 6.07) is 6.92. The second kappa shape index (κ2) is 10.4. The summed E-state index contributed by atoms with van der Waals surface area (Å²) in [5, 5.41) is 9.76. The largest absolute Gasteiger partial charge is 0.480 e. The molecule has 0 bridgehead atoms. The Hall–Kier alpha value is -3.63. The van der Waals surface area contributed by atoms with E-state index < -0.39 is 60.9 Å². The number of carboxylic acid groups (broad SMARTS) is 1. The van der Waals surface area contributed by atoms with Crippen LogP contribution < -0.4 is 0 Å². The van der Waals surface area contributed by atoms with Crippen molar-refractivity contribution >= 4 is 30.0 Å². The minimum atomic E-state index is -1.75. The van der Waals surface area contributed by atoms with Gasteiger partial charge in [0.15, 0.2) is 24.4 Å². The number of nitrogens with zero attached hydrogens (tertiary/aromatic N) is 1. The van der Waals surface area contributed by atoms with Crippen molar-refractivity contribution in [3.8, 4) is 0 Å². The van der Waals surface area contributed by atoms with Crippen molar-refractivity contribution in [1.29, 1.82) is 0 Å². The van der Waals surface area contributed by atoms with Crippen molar-refractivity contribution in [3.63, 3.8) is 0 Å². The van der Waals surface area contributed by atoms with Gasteiger partial charge in [-0.2, -0.15) is 0 Å². The first-order valence-corrected chi connectivity index (χ1v) is 9.32. The second-order valence-corrected chi connectivity index (χ2v) is 6.77. The molecular formula is C20H23NO10. The number of benzene rings is 1. The van der Waals surface area contributed by atoms with E-state index >= 15 is 0 Å². The quantitative estimate of drug-likeness (QED) is 0.503. The third kappa shape index (κ3) is 6.43. The Balaban J connectivity index is 2.36. The number of piperidine rings is 1. The summed E-state index contributed by atoms with van der Waals surface area (Å²) >= 11 is 0. The zero-order chi connectivity index (χ0) is 23.1. The van der Waals surface area contributed by atoms with Gasteiger partial charge in [0.1, 0.15) is 6.61 Å². The van der Waals surface area contributed by atoms with Gasteiger partial charge in [0, 0.05) is 20.8 Å². The fourth-order valence-electron chi connectivity index (χ4n) is 3.22. The number of amides is 1. The highest BCUT2D eigenvalue weighted by atomic mass is 16.6. The first-order chi connectivity index (χ1) is 14.6. The highest BCUT2D eigenvalue weighted by molar-refractivity contribution is 5.82. The van der Waals surface area contributed by atoms with Crippen LogP contribution in [-0.2, 0) is 44.7 Å². The molecule has 1 aliphatic rings. The summed E-state index contributed by atoms with van der Waals surface area (Å²) in [6.45, 7) is 2.57. The smallest absolute Gasteiger partial charge is 0.411 e. The van der Waals surface area contributed by atoms with E-state index in [1.807, 2.05) is 0 Å². The molecule has 0 aliphatic carbocycles. The molecule has 1 amide bonds. The Bertz CT molecular complexity index is 840. The minimum absolute atomic E-state index is 0.146. The minimum Gasteiger partial charge on any atom is -0.480 e. The molecular weight excluding hydrogens is 414 g/mol. The van der Waals surface area contributed by atoms with Gasteiger partial charge in [0.2, 0.25) is 0 Å². The lowest BCUT2D eigenvalue weighted by Gasteiger charge is -2.44. The monoisotopic (exact) mass is 437 g/mol. The van der Waals surface area contributed by atoms with Crippen LogP contribution in [0.4, 0.5) is 4.79 Å². The molecule has 168 valence electrons. The van der Waals surface area contributed by atoms with E-state index in [0.29, 0.717) is 5.56 Å². The zero-order valence-electron chi connectivity index (χ0n) is 17.2. The molecule has 0 spiro atoms. The molecule has 1 N–H and O–H groups in total. The average molecular weight is 437 g/mol. The summed E-state index contributed by atoms with van der Waals surface area (Å²) in [6.07, 6.45) is -5.40. The van der Waals surface area contributed by atoms with Gasteiger partial charge in [-0.15, -0.1) is 0 Å². The molecule has 1 fully saturated rings. The van der Waals surface area contributed by atoms with Gasteiger partial charge >= 0.3 is 30.0 Å². The van der Waals surface area contributed by atoms with Crippen LogP contribution in [0.3, 0.4) is 0 Å². The molecule has 1 aromatic carbocycles. The summed E-state index contributed by atoms with van der Waals surface area (Å²) < 4.78 is 20.6. The zero-order valence-corrected chi connectivity index (χ0v) is 17.2. The summed E-state index contributed by atoms with van der Waals surface area (Å²) in [5.74, 6) is -3.99. The maximum Gasteiger partial charge on any atom is 0.411 e. The number of carbonyl (C=O) groups is 5. The summed E-state index contributed by atoms with van der Waals surface area (Å²) in [4.78, 5) is 60.3. The van der Waals surface area contributed by atoms with Gasteiger partial charge in [-0.25, -0.2) is 9.59 Å². The van der Waals surface area contributed by atoms with Crippen LogP contribution in [0.25, 0.3) is 0 Å².